The molecule has 1 fully saturated rings. The minimum atomic E-state index is 0.00111. The van der Waals surface area contributed by atoms with Crippen LogP contribution in [0.4, 0.5) is 0 Å². The van der Waals surface area contributed by atoms with Crippen molar-refractivity contribution < 1.29 is 0 Å². The number of hydrogen-bond donors (Lipinski definition) is 1. The molecule has 100 valence electrons. The normalized spacial score (nSPS) is 20.4. The first-order valence-electron chi connectivity index (χ1n) is 6.63. The van der Waals surface area contributed by atoms with Crippen molar-refractivity contribution in [2.45, 2.75) is 25.3 Å². The van der Waals surface area contributed by atoms with Crippen LogP contribution in [-0.4, -0.2) is 22.6 Å². The van der Waals surface area contributed by atoms with Crippen molar-refractivity contribution in [1.82, 2.24) is 14.9 Å². The molecule has 1 aliphatic heterocycles. The van der Waals surface area contributed by atoms with Crippen LogP contribution in [0.3, 0.4) is 0 Å². The molecule has 2 heterocycles. The quantitative estimate of drug-likeness (QED) is 0.870. The Morgan fingerprint density at radius 1 is 1.37 bits per heavy atom. The molecule has 0 aliphatic carbocycles. The summed E-state index contributed by atoms with van der Waals surface area (Å²) in [5.74, 6) is 0. The fourth-order valence-corrected chi connectivity index (χ4v) is 2.85. The molecule has 0 spiro atoms. The maximum atomic E-state index is 12.5. The van der Waals surface area contributed by atoms with Crippen molar-refractivity contribution >= 4 is 22.5 Å². The number of aromatic nitrogens is 2. The van der Waals surface area contributed by atoms with E-state index in [-0.39, 0.29) is 11.6 Å². The van der Waals surface area contributed by atoms with Crippen molar-refractivity contribution in [3.63, 3.8) is 0 Å². The highest BCUT2D eigenvalue weighted by molar-refractivity contribution is 6.34. The highest BCUT2D eigenvalue weighted by Gasteiger charge is 2.16. The predicted molar refractivity (Wildman–Crippen MR) is 76.8 cm³/mol. The van der Waals surface area contributed by atoms with E-state index in [0.29, 0.717) is 15.9 Å². The Morgan fingerprint density at radius 2 is 2.26 bits per heavy atom. The van der Waals surface area contributed by atoms with Crippen LogP contribution in [0.5, 0.6) is 0 Å². The lowest BCUT2D eigenvalue weighted by atomic mass is 10.1. The van der Waals surface area contributed by atoms with Gasteiger partial charge < -0.3 is 5.32 Å². The predicted octanol–water partition coefficient (Wildman–Crippen LogP) is 2.36. The average Bonchev–Trinajstić information content (AvgIpc) is 2.69. The van der Waals surface area contributed by atoms with Gasteiger partial charge in [-0.25, -0.2) is 4.98 Å². The minimum absolute atomic E-state index is 0.00111. The van der Waals surface area contributed by atoms with Crippen LogP contribution in [0.25, 0.3) is 10.9 Å². The number of benzene rings is 1. The van der Waals surface area contributed by atoms with E-state index in [1.54, 1.807) is 29.1 Å². The van der Waals surface area contributed by atoms with Gasteiger partial charge in [-0.15, -0.1) is 0 Å². The van der Waals surface area contributed by atoms with Gasteiger partial charge in [-0.05, 0) is 31.5 Å². The average molecular weight is 278 g/mol. The molecule has 0 bridgehead atoms. The highest BCUT2D eigenvalue weighted by Crippen LogP contribution is 2.20. The van der Waals surface area contributed by atoms with Crippen LogP contribution >= 0.6 is 11.6 Å². The van der Waals surface area contributed by atoms with E-state index in [1.165, 1.54) is 0 Å². The molecule has 0 amide bonds. The maximum Gasteiger partial charge on any atom is 0.261 e. The lowest BCUT2D eigenvalue weighted by Crippen LogP contribution is -2.31. The first kappa shape index (κ1) is 12.6. The molecule has 1 aromatic heterocycles. The second kappa shape index (κ2) is 5.31. The molecule has 1 saturated heterocycles. The Hall–Kier alpha value is -1.39. The monoisotopic (exact) mass is 277 g/mol. The molecular formula is C14H16ClN3O. The van der Waals surface area contributed by atoms with E-state index in [4.69, 9.17) is 11.6 Å². The molecule has 2 aromatic rings. The SMILES string of the molecule is O=c1c2cccc(Cl)c2ncn1C1CCCCNC1. The highest BCUT2D eigenvalue weighted by atomic mass is 35.5. The molecule has 1 unspecified atom stereocenters. The lowest BCUT2D eigenvalue weighted by molar-refractivity contribution is 0.447. The van der Waals surface area contributed by atoms with Crippen LogP contribution in [0.2, 0.25) is 5.02 Å². The van der Waals surface area contributed by atoms with Crippen molar-refractivity contribution in [2.75, 3.05) is 13.1 Å². The molecule has 4 nitrogen and oxygen atoms in total. The zero-order valence-corrected chi connectivity index (χ0v) is 11.4. The summed E-state index contributed by atoms with van der Waals surface area (Å²) in [6.45, 7) is 1.85. The Bertz CT molecular complexity index is 645. The first-order valence-corrected chi connectivity index (χ1v) is 7.01. The van der Waals surface area contributed by atoms with Gasteiger partial charge in [0.05, 0.1) is 28.3 Å². The Morgan fingerprint density at radius 3 is 3.16 bits per heavy atom. The van der Waals surface area contributed by atoms with Gasteiger partial charge in [0.25, 0.3) is 5.56 Å². The van der Waals surface area contributed by atoms with Gasteiger partial charge in [0, 0.05) is 6.54 Å². The number of halogens is 1. The Labute approximate surface area is 116 Å². The third kappa shape index (κ3) is 2.38. The van der Waals surface area contributed by atoms with Gasteiger partial charge in [0.15, 0.2) is 0 Å². The van der Waals surface area contributed by atoms with Gasteiger partial charge >= 0.3 is 0 Å². The van der Waals surface area contributed by atoms with E-state index >= 15 is 0 Å². The van der Waals surface area contributed by atoms with Crippen molar-refractivity contribution in [3.05, 3.63) is 39.9 Å². The number of nitrogens with zero attached hydrogens (tertiary/aromatic N) is 2. The van der Waals surface area contributed by atoms with Crippen molar-refractivity contribution in [3.8, 4) is 0 Å². The number of fused-ring (bicyclic) bond motifs is 1. The summed E-state index contributed by atoms with van der Waals surface area (Å²) < 4.78 is 1.75. The van der Waals surface area contributed by atoms with Crippen LogP contribution in [0.1, 0.15) is 25.3 Å². The summed E-state index contributed by atoms with van der Waals surface area (Å²) in [5.41, 5.74) is 0.591. The van der Waals surface area contributed by atoms with Crippen molar-refractivity contribution in [2.24, 2.45) is 0 Å². The molecule has 0 radical (unpaired) electrons. The smallest absolute Gasteiger partial charge is 0.261 e. The van der Waals surface area contributed by atoms with Crippen LogP contribution in [-0.2, 0) is 0 Å². The van der Waals surface area contributed by atoms with Gasteiger partial charge in [-0.1, -0.05) is 24.1 Å². The summed E-state index contributed by atoms with van der Waals surface area (Å²) in [6, 6.07) is 5.53. The summed E-state index contributed by atoms with van der Waals surface area (Å²) in [5, 5.41) is 4.49. The second-order valence-electron chi connectivity index (χ2n) is 4.95. The van der Waals surface area contributed by atoms with Gasteiger partial charge in [0.1, 0.15) is 0 Å². The fraction of sp³-hybridized carbons (Fsp3) is 0.429. The van der Waals surface area contributed by atoms with E-state index in [1.807, 2.05) is 0 Å². The molecule has 19 heavy (non-hydrogen) atoms. The van der Waals surface area contributed by atoms with E-state index in [2.05, 4.69) is 10.3 Å². The van der Waals surface area contributed by atoms with Crippen LogP contribution in [0.15, 0.2) is 29.3 Å². The minimum Gasteiger partial charge on any atom is -0.315 e. The molecule has 1 aromatic carbocycles. The van der Waals surface area contributed by atoms with E-state index < -0.39 is 0 Å². The summed E-state index contributed by atoms with van der Waals surface area (Å²) in [6.07, 6.45) is 4.95. The van der Waals surface area contributed by atoms with Crippen LogP contribution in [0, 0.1) is 0 Å². The number of para-hydroxylation sites is 1. The number of nitrogens with one attached hydrogen (secondary N) is 1. The standard InChI is InChI=1S/C14H16ClN3O/c15-12-6-3-5-11-13(12)17-9-18(14(11)19)10-4-1-2-7-16-8-10/h3,5-6,9-10,16H,1-2,4,7-8H2. The zero-order valence-electron chi connectivity index (χ0n) is 10.6. The summed E-state index contributed by atoms with van der Waals surface area (Å²) in [4.78, 5) is 16.9. The molecule has 1 atom stereocenters. The summed E-state index contributed by atoms with van der Waals surface area (Å²) in [7, 11) is 0. The van der Waals surface area contributed by atoms with Gasteiger partial charge in [-0.2, -0.15) is 0 Å². The molecular weight excluding hydrogens is 262 g/mol. The zero-order chi connectivity index (χ0) is 13.2. The fourth-order valence-electron chi connectivity index (χ4n) is 2.63. The maximum absolute atomic E-state index is 12.5. The topological polar surface area (TPSA) is 46.9 Å². The molecule has 0 saturated carbocycles. The van der Waals surface area contributed by atoms with Crippen LogP contribution < -0.4 is 10.9 Å². The third-order valence-corrected chi connectivity index (χ3v) is 3.98. The van der Waals surface area contributed by atoms with Gasteiger partial charge in [0.2, 0.25) is 0 Å². The molecule has 1 N–H and O–H groups in total. The Kier molecular flexibility index (Phi) is 3.53. The molecule has 5 heteroatoms. The molecule has 1 aliphatic rings. The third-order valence-electron chi connectivity index (χ3n) is 3.68. The second-order valence-corrected chi connectivity index (χ2v) is 5.35. The van der Waals surface area contributed by atoms with Gasteiger partial charge in [-0.3, -0.25) is 9.36 Å². The lowest BCUT2D eigenvalue weighted by Gasteiger charge is -2.17. The summed E-state index contributed by atoms with van der Waals surface area (Å²) >= 11 is 6.07. The molecule has 3 rings (SSSR count). The largest absolute Gasteiger partial charge is 0.315 e. The van der Waals surface area contributed by atoms with E-state index in [0.717, 1.165) is 32.4 Å². The first-order chi connectivity index (χ1) is 9.27. The number of hydrogen-bond acceptors (Lipinski definition) is 3. The number of rotatable bonds is 1. The van der Waals surface area contributed by atoms with E-state index in [9.17, 15) is 4.79 Å². The Balaban J connectivity index is 2.09. The van der Waals surface area contributed by atoms with Crippen molar-refractivity contribution in [1.29, 1.82) is 0 Å².